The molecule has 0 radical (unpaired) electrons. The Morgan fingerprint density at radius 2 is 1.17 bits per heavy atom. The Hall–Kier alpha value is -2.28. The number of alkyl halides is 4. The number of hydrogen-bond donors (Lipinski definition) is 2. The van der Waals surface area contributed by atoms with E-state index in [-0.39, 0.29) is 32.7 Å². The Morgan fingerprint density at radius 1 is 0.828 bits per heavy atom. The minimum Gasteiger partial charge on any atom is -0.481 e. The first-order valence-electron chi connectivity index (χ1n) is 8.71. The van der Waals surface area contributed by atoms with Crippen LogP contribution in [0.1, 0.15) is 0 Å². The maximum absolute atomic E-state index is 12.0. The molecule has 0 aromatic heterocycles. The average Bonchev–Trinajstić information content (AvgIpc) is 3.24. The van der Waals surface area contributed by atoms with Crippen molar-refractivity contribution >= 4 is 23.9 Å². The second-order valence-electron chi connectivity index (χ2n) is 7.06. The smallest absolute Gasteiger partial charge is 0.318 e. The quantitative estimate of drug-likeness (QED) is 0.338. The van der Waals surface area contributed by atoms with E-state index < -0.39 is 66.9 Å². The Balaban J connectivity index is 0.000000207. The molecule has 3 heterocycles. The van der Waals surface area contributed by atoms with E-state index in [4.69, 9.17) is 10.2 Å². The van der Waals surface area contributed by atoms with Crippen molar-refractivity contribution < 1.29 is 51.7 Å². The molecule has 0 saturated carbocycles. The summed E-state index contributed by atoms with van der Waals surface area (Å²) in [5.74, 6) is -6.89. The van der Waals surface area contributed by atoms with Crippen molar-refractivity contribution in [2.75, 3.05) is 39.3 Å². The number of esters is 2. The molecule has 0 amide bonds. The molecule has 3 aliphatic rings. The number of cyclic esters (lactones) is 2. The van der Waals surface area contributed by atoms with Gasteiger partial charge in [0.25, 0.3) is 12.9 Å². The number of hydrogen-bond acceptors (Lipinski definition) is 7. The summed E-state index contributed by atoms with van der Waals surface area (Å²) >= 11 is 0. The molecule has 0 bridgehead atoms. The highest BCUT2D eigenvalue weighted by Gasteiger charge is 2.50. The molecule has 164 valence electrons. The number of nitrogens with zero attached hydrogens (tertiary/aromatic N) is 2. The zero-order chi connectivity index (χ0) is 21.9. The minimum absolute atomic E-state index is 0.128. The topological polar surface area (TPSA) is 124 Å². The predicted molar refractivity (Wildman–Crippen MR) is 85.2 cm³/mol. The van der Waals surface area contributed by atoms with Crippen molar-refractivity contribution in [3.63, 3.8) is 0 Å². The molecule has 29 heavy (non-hydrogen) atoms. The number of ether oxygens (including phenoxy) is 1. The number of rotatable bonds is 6. The van der Waals surface area contributed by atoms with Crippen molar-refractivity contribution in [3.8, 4) is 0 Å². The van der Waals surface area contributed by atoms with Crippen LogP contribution in [0.2, 0.25) is 0 Å². The van der Waals surface area contributed by atoms with Crippen LogP contribution in [0.4, 0.5) is 17.6 Å². The summed E-state index contributed by atoms with van der Waals surface area (Å²) in [4.78, 5) is 46.0. The lowest BCUT2D eigenvalue weighted by atomic mass is 9.97. The van der Waals surface area contributed by atoms with Crippen LogP contribution in [-0.2, 0) is 23.9 Å². The van der Waals surface area contributed by atoms with E-state index in [0.717, 1.165) is 0 Å². The van der Waals surface area contributed by atoms with E-state index in [1.54, 1.807) is 0 Å². The molecular weight excluding hydrogens is 408 g/mol. The number of halogens is 4. The van der Waals surface area contributed by atoms with Crippen molar-refractivity contribution in [2.24, 2.45) is 23.7 Å². The van der Waals surface area contributed by atoms with Gasteiger partial charge in [-0.15, -0.1) is 0 Å². The predicted octanol–water partition coefficient (Wildman–Crippen LogP) is -0.148. The monoisotopic (exact) mass is 428 g/mol. The van der Waals surface area contributed by atoms with Gasteiger partial charge >= 0.3 is 23.9 Å². The highest BCUT2D eigenvalue weighted by molar-refractivity contribution is 5.97. The van der Waals surface area contributed by atoms with E-state index >= 15 is 0 Å². The van der Waals surface area contributed by atoms with Gasteiger partial charge in [0, 0.05) is 26.2 Å². The van der Waals surface area contributed by atoms with Crippen LogP contribution >= 0.6 is 0 Å². The minimum atomic E-state index is -2.58. The third kappa shape index (κ3) is 5.85. The van der Waals surface area contributed by atoms with Gasteiger partial charge in [0.1, 0.15) is 0 Å². The van der Waals surface area contributed by atoms with Gasteiger partial charge in [-0.2, -0.15) is 0 Å². The van der Waals surface area contributed by atoms with Gasteiger partial charge in [-0.3, -0.25) is 29.0 Å². The summed E-state index contributed by atoms with van der Waals surface area (Å²) in [6.45, 7) is -0.798. The number of likely N-dealkylation sites (tertiary alicyclic amines) is 2. The highest BCUT2D eigenvalue weighted by Crippen LogP contribution is 2.31. The van der Waals surface area contributed by atoms with Gasteiger partial charge < -0.3 is 14.9 Å². The molecule has 3 rings (SSSR count). The lowest BCUT2D eigenvalue weighted by molar-refractivity contribution is -0.154. The maximum atomic E-state index is 12.0. The van der Waals surface area contributed by atoms with Crippen LogP contribution < -0.4 is 0 Å². The van der Waals surface area contributed by atoms with E-state index in [1.165, 1.54) is 9.80 Å². The summed E-state index contributed by atoms with van der Waals surface area (Å²) < 4.78 is 52.4. The summed E-state index contributed by atoms with van der Waals surface area (Å²) in [6, 6.07) is 0. The van der Waals surface area contributed by atoms with E-state index in [0.29, 0.717) is 0 Å². The van der Waals surface area contributed by atoms with Crippen LogP contribution in [-0.4, -0.2) is 96.0 Å². The largest absolute Gasteiger partial charge is 0.481 e. The molecule has 3 aliphatic heterocycles. The molecule has 0 spiro atoms. The molecular formula is C16H20F4N2O7. The van der Waals surface area contributed by atoms with Gasteiger partial charge in [-0.1, -0.05) is 0 Å². The van der Waals surface area contributed by atoms with Crippen LogP contribution in [0, 0.1) is 23.7 Å². The van der Waals surface area contributed by atoms with Gasteiger partial charge in [0.05, 0.1) is 36.8 Å². The lowest BCUT2D eigenvalue weighted by Gasteiger charge is -2.14. The number of fused-ring (bicyclic) bond motifs is 1. The molecule has 0 aliphatic carbocycles. The normalized spacial score (nSPS) is 29.7. The lowest BCUT2D eigenvalue weighted by Crippen LogP contribution is -2.29. The van der Waals surface area contributed by atoms with Crippen LogP contribution in [0.5, 0.6) is 0 Å². The van der Waals surface area contributed by atoms with Crippen LogP contribution in [0.25, 0.3) is 0 Å². The fraction of sp³-hybridized carbons (Fsp3) is 0.750. The molecule has 13 heteroatoms. The fourth-order valence-corrected chi connectivity index (χ4v) is 3.69. The fourth-order valence-electron chi connectivity index (χ4n) is 3.69. The van der Waals surface area contributed by atoms with E-state index in [9.17, 15) is 36.7 Å². The van der Waals surface area contributed by atoms with Crippen molar-refractivity contribution in [1.29, 1.82) is 0 Å². The van der Waals surface area contributed by atoms with Crippen molar-refractivity contribution in [1.82, 2.24) is 9.80 Å². The first-order valence-corrected chi connectivity index (χ1v) is 8.71. The van der Waals surface area contributed by atoms with E-state index in [2.05, 4.69) is 4.74 Å². The summed E-state index contributed by atoms with van der Waals surface area (Å²) in [7, 11) is 0. The Bertz CT molecular complexity index is 619. The number of carbonyl (C=O) groups is 4. The van der Waals surface area contributed by atoms with Gasteiger partial charge in [-0.25, -0.2) is 17.6 Å². The van der Waals surface area contributed by atoms with Gasteiger partial charge in [0.15, 0.2) is 0 Å². The number of carboxylic acid groups (broad SMARTS) is 2. The molecule has 9 nitrogen and oxygen atoms in total. The average molecular weight is 428 g/mol. The Kier molecular flexibility index (Phi) is 7.52. The number of aliphatic carboxylic acids is 2. The van der Waals surface area contributed by atoms with Crippen LogP contribution in [0.3, 0.4) is 0 Å². The molecule has 0 unspecified atom stereocenters. The third-order valence-corrected chi connectivity index (χ3v) is 5.02. The Morgan fingerprint density at radius 3 is 1.48 bits per heavy atom. The first kappa shape index (κ1) is 23.0. The van der Waals surface area contributed by atoms with Crippen LogP contribution in [0.15, 0.2) is 0 Å². The molecule has 3 saturated heterocycles. The SMILES string of the molecule is O=C(O)[C@H]1CN(CC(F)F)C[C@H]1C(=O)O.O=C1OC(=O)[C@@H]2CN(CC(F)F)C[C@H]12. The first-order chi connectivity index (χ1) is 13.5. The van der Waals surface area contributed by atoms with Gasteiger partial charge in [0.2, 0.25) is 0 Å². The van der Waals surface area contributed by atoms with E-state index in [1.807, 2.05) is 0 Å². The number of carbonyl (C=O) groups excluding carboxylic acids is 2. The number of carboxylic acids is 2. The molecule has 3 fully saturated rings. The molecule has 0 aromatic carbocycles. The third-order valence-electron chi connectivity index (χ3n) is 5.02. The second-order valence-corrected chi connectivity index (χ2v) is 7.06. The standard InChI is InChI=1S/C8H11F2NO4.C8H9F2NO3/c9-6(10)3-11-1-4(7(12)13)5(2-11)8(14)15;9-6(10)3-11-1-4-5(2-11)8(13)14-7(4)12/h4-6H,1-3H2,(H,12,13)(H,14,15);4-6H,1-3H2/t2*4-,5+. The molecule has 2 N–H and O–H groups in total. The molecule has 4 atom stereocenters. The maximum Gasteiger partial charge on any atom is 0.318 e. The Labute approximate surface area is 162 Å². The summed E-state index contributed by atoms with van der Waals surface area (Å²) in [5, 5.41) is 17.4. The zero-order valence-electron chi connectivity index (χ0n) is 15.0. The van der Waals surface area contributed by atoms with Gasteiger partial charge in [-0.05, 0) is 0 Å². The summed E-state index contributed by atoms with van der Waals surface area (Å²) in [6.07, 6.45) is -5.01. The van der Waals surface area contributed by atoms with Crippen molar-refractivity contribution in [3.05, 3.63) is 0 Å². The second kappa shape index (κ2) is 9.48. The van der Waals surface area contributed by atoms with Crippen molar-refractivity contribution in [2.45, 2.75) is 12.9 Å². The molecule has 0 aromatic rings. The highest BCUT2D eigenvalue weighted by atomic mass is 19.3. The zero-order valence-corrected chi connectivity index (χ0v) is 15.0. The summed E-state index contributed by atoms with van der Waals surface area (Å²) in [5.41, 5.74) is 0.